The van der Waals surface area contributed by atoms with Crippen molar-refractivity contribution in [2.45, 2.75) is 20.4 Å². The quantitative estimate of drug-likeness (QED) is 0.515. The largest absolute Gasteiger partial charge is 0.330 e. The first kappa shape index (κ1) is 13.8. The molecule has 19 heavy (non-hydrogen) atoms. The van der Waals surface area contributed by atoms with E-state index in [1.807, 2.05) is 26.2 Å². The molecule has 0 radical (unpaired) electrons. The zero-order valence-electron chi connectivity index (χ0n) is 10.8. The molecule has 6 heteroatoms. The molecule has 0 saturated heterocycles. The van der Waals surface area contributed by atoms with Gasteiger partial charge in [-0.15, -0.1) is 0 Å². The van der Waals surface area contributed by atoms with E-state index in [9.17, 15) is 4.79 Å². The summed E-state index contributed by atoms with van der Waals surface area (Å²) >= 11 is 3.48. The Labute approximate surface area is 119 Å². The second-order valence-corrected chi connectivity index (χ2v) is 5.18. The highest BCUT2D eigenvalue weighted by Gasteiger charge is 2.09. The van der Waals surface area contributed by atoms with Crippen LogP contribution in [0.1, 0.15) is 27.3 Å². The van der Waals surface area contributed by atoms with Crippen LogP contribution in [0.2, 0.25) is 0 Å². The predicted octanol–water partition coefficient (Wildman–Crippen LogP) is 1.91. The summed E-state index contributed by atoms with van der Waals surface area (Å²) in [6.45, 7) is 4.72. The maximum Gasteiger partial charge on any atom is 0.265 e. The van der Waals surface area contributed by atoms with E-state index in [0.29, 0.717) is 12.1 Å². The van der Waals surface area contributed by atoms with Gasteiger partial charge in [0.15, 0.2) is 0 Å². The van der Waals surface area contributed by atoms with Gasteiger partial charge in [-0.1, -0.05) is 22.0 Å². The summed E-state index contributed by atoms with van der Waals surface area (Å²) in [5.41, 5.74) is 5.88. The highest BCUT2D eigenvalue weighted by molar-refractivity contribution is 9.10. The van der Waals surface area contributed by atoms with Crippen molar-refractivity contribution in [3.05, 3.63) is 51.5 Å². The number of carbonyl (C=O) groups excluding carboxylic acids is 1. The second kappa shape index (κ2) is 5.54. The molecule has 1 aromatic heterocycles. The molecular weight excluding hydrogens is 308 g/mol. The molecule has 100 valence electrons. The van der Waals surface area contributed by atoms with E-state index in [1.165, 1.54) is 0 Å². The fraction of sp³-hybridized carbons (Fsp3) is 0.231. The number of nitrogens with two attached hydrogens (primary N) is 1. The molecule has 0 aliphatic carbocycles. The van der Waals surface area contributed by atoms with Gasteiger partial charge in [-0.3, -0.25) is 10.2 Å². The van der Waals surface area contributed by atoms with Crippen LogP contribution >= 0.6 is 15.9 Å². The fourth-order valence-corrected chi connectivity index (χ4v) is 2.29. The van der Waals surface area contributed by atoms with E-state index in [-0.39, 0.29) is 5.91 Å². The minimum absolute atomic E-state index is 0.304. The Kier molecular flexibility index (Phi) is 4.01. The highest BCUT2D eigenvalue weighted by Crippen LogP contribution is 2.20. The minimum Gasteiger partial charge on any atom is -0.330 e. The monoisotopic (exact) mass is 322 g/mol. The lowest BCUT2D eigenvalue weighted by atomic mass is 10.1. The fourth-order valence-electron chi connectivity index (χ4n) is 1.79. The van der Waals surface area contributed by atoms with Gasteiger partial charge in [0.1, 0.15) is 0 Å². The molecule has 1 aromatic carbocycles. The molecule has 1 heterocycles. The van der Waals surface area contributed by atoms with Crippen LogP contribution in [0, 0.1) is 13.8 Å². The van der Waals surface area contributed by atoms with E-state index < -0.39 is 0 Å². The number of rotatable bonds is 3. The number of halogens is 1. The summed E-state index contributed by atoms with van der Waals surface area (Å²) in [6.07, 6.45) is 1.82. The lowest BCUT2D eigenvalue weighted by Crippen LogP contribution is -2.29. The number of imidazole rings is 1. The number of aromatic nitrogens is 2. The first-order valence-electron chi connectivity index (χ1n) is 5.80. The SMILES string of the molecule is Cc1ncn(Cc2ccc(C(=O)NN)cc2Br)c1C. The molecule has 0 spiro atoms. The van der Waals surface area contributed by atoms with E-state index in [2.05, 4.69) is 30.9 Å². The van der Waals surface area contributed by atoms with Crippen molar-refractivity contribution in [1.82, 2.24) is 15.0 Å². The lowest BCUT2D eigenvalue weighted by Gasteiger charge is -2.09. The van der Waals surface area contributed by atoms with Crippen LogP contribution in [0.5, 0.6) is 0 Å². The summed E-state index contributed by atoms with van der Waals surface area (Å²) in [5.74, 6) is 4.81. The number of nitrogen functional groups attached to an aromatic ring is 1. The number of benzene rings is 1. The third-order valence-electron chi connectivity index (χ3n) is 3.13. The average Bonchev–Trinajstić information content (AvgIpc) is 2.72. The smallest absolute Gasteiger partial charge is 0.265 e. The first-order valence-corrected chi connectivity index (χ1v) is 6.60. The molecular formula is C13H15BrN4O. The van der Waals surface area contributed by atoms with Crippen LogP contribution < -0.4 is 11.3 Å². The van der Waals surface area contributed by atoms with E-state index >= 15 is 0 Å². The number of hydrazine groups is 1. The Bertz CT molecular complexity index is 621. The molecule has 1 amide bonds. The number of nitrogens with zero attached hydrogens (tertiary/aromatic N) is 2. The molecule has 0 aliphatic rings. The van der Waals surface area contributed by atoms with Gasteiger partial charge < -0.3 is 4.57 Å². The van der Waals surface area contributed by atoms with Crippen molar-refractivity contribution in [2.24, 2.45) is 5.84 Å². The van der Waals surface area contributed by atoms with E-state index in [0.717, 1.165) is 21.4 Å². The Hall–Kier alpha value is -1.66. The number of hydrogen-bond acceptors (Lipinski definition) is 3. The maximum atomic E-state index is 11.4. The lowest BCUT2D eigenvalue weighted by molar-refractivity contribution is 0.0953. The van der Waals surface area contributed by atoms with Crippen molar-refractivity contribution in [1.29, 1.82) is 0 Å². The summed E-state index contributed by atoms with van der Waals surface area (Å²) in [7, 11) is 0. The van der Waals surface area contributed by atoms with Gasteiger partial charge in [0.2, 0.25) is 0 Å². The molecule has 0 saturated carbocycles. The Morgan fingerprint density at radius 2 is 2.21 bits per heavy atom. The van der Waals surface area contributed by atoms with Crippen LogP contribution in [0.3, 0.4) is 0 Å². The molecule has 2 rings (SSSR count). The van der Waals surface area contributed by atoms with Gasteiger partial charge in [-0.05, 0) is 31.5 Å². The Morgan fingerprint density at radius 3 is 2.74 bits per heavy atom. The van der Waals surface area contributed by atoms with Gasteiger partial charge in [0.05, 0.1) is 12.0 Å². The van der Waals surface area contributed by atoms with Gasteiger partial charge in [-0.25, -0.2) is 10.8 Å². The molecule has 0 fully saturated rings. The minimum atomic E-state index is -0.304. The van der Waals surface area contributed by atoms with Crippen molar-refractivity contribution >= 4 is 21.8 Å². The molecule has 5 nitrogen and oxygen atoms in total. The van der Waals surface area contributed by atoms with Crippen LogP contribution in [0.15, 0.2) is 29.0 Å². The summed E-state index contributed by atoms with van der Waals surface area (Å²) in [4.78, 5) is 15.7. The molecule has 0 aliphatic heterocycles. The predicted molar refractivity (Wildman–Crippen MR) is 76.6 cm³/mol. The zero-order chi connectivity index (χ0) is 14.0. The molecule has 2 aromatic rings. The van der Waals surface area contributed by atoms with Gasteiger partial charge in [0.25, 0.3) is 5.91 Å². The molecule has 0 unspecified atom stereocenters. The standard InChI is InChI=1S/C13H15BrN4O/c1-8-9(2)18(7-16-8)6-11-4-3-10(5-12(11)14)13(19)17-15/h3-5,7H,6,15H2,1-2H3,(H,17,19). The summed E-state index contributed by atoms with van der Waals surface area (Å²) < 4.78 is 2.94. The summed E-state index contributed by atoms with van der Waals surface area (Å²) in [5, 5.41) is 0. The number of nitrogens with one attached hydrogen (secondary N) is 1. The molecule has 0 atom stereocenters. The number of carbonyl (C=O) groups is 1. The third-order valence-corrected chi connectivity index (χ3v) is 3.87. The third kappa shape index (κ3) is 2.85. The van der Waals surface area contributed by atoms with Crippen molar-refractivity contribution < 1.29 is 4.79 Å². The van der Waals surface area contributed by atoms with Crippen molar-refractivity contribution in [3.8, 4) is 0 Å². The van der Waals surface area contributed by atoms with Crippen molar-refractivity contribution in [3.63, 3.8) is 0 Å². The Morgan fingerprint density at radius 1 is 1.47 bits per heavy atom. The van der Waals surface area contributed by atoms with Crippen LogP contribution in [0.4, 0.5) is 0 Å². The Balaban J connectivity index is 2.27. The maximum absolute atomic E-state index is 11.4. The molecule has 0 bridgehead atoms. The van der Waals surface area contributed by atoms with Crippen LogP contribution in [-0.4, -0.2) is 15.5 Å². The summed E-state index contributed by atoms with van der Waals surface area (Å²) in [6, 6.07) is 5.42. The topological polar surface area (TPSA) is 72.9 Å². The average molecular weight is 323 g/mol. The number of hydrogen-bond donors (Lipinski definition) is 2. The highest BCUT2D eigenvalue weighted by atomic mass is 79.9. The van der Waals surface area contributed by atoms with Gasteiger partial charge >= 0.3 is 0 Å². The number of aryl methyl sites for hydroxylation is 1. The van der Waals surface area contributed by atoms with E-state index in [4.69, 9.17) is 5.84 Å². The first-order chi connectivity index (χ1) is 9.02. The number of amides is 1. The van der Waals surface area contributed by atoms with Crippen molar-refractivity contribution in [2.75, 3.05) is 0 Å². The van der Waals surface area contributed by atoms with Gasteiger partial charge in [0, 0.05) is 22.3 Å². The zero-order valence-corrected chi connectivity index (χ0v) is 12.4. The van der Waals surface area contributed by atoms with Crippen LogP contribution in [0.25, 0.3) is 0 Å². The van der Waals surface area contributed by atoms with Gasteiger partial charge in [-0.2, -0.15) is 0 Å². The van der Waals surface area contributed by atoms with Crippen LogP contribution in [-0.2, 0) is 6.54 Å². The normalized spacial score (nSPS) is 10.5. The molecule has 3 N–H and O–H groups in total. The second-order valence-electron chi connectivity index (χ2n) is 4.32. The van der Waals surface area contributed by atoms with E-state index in [1.54, 1.807) is 12.1 Å².